The summed E-state index contributed by atoms with van der Waals surface area (Å²) in [5, 5.41) is 17.9. The largest absolute Gasteiger partial charge is 0.580 e. The Balaban J connectivity index is 2.24. The van der Waals surface area contributed by atoms with Crippen molar-refractivity contribution in [2.75, 3.05) is 0 Å². The Bertz CT molecular complexity index is 153. The Morgan fingerprint density at radius 3 is 2.50 bits per heavy atom. The number of hydrogen-bond acceptors (Lipinski definition) is 2. The molecule has 8 heavy (non-hydrogen) atoms. The highest BCUT2D eigenvalue weighted by Gasteiger charge is 2.63. The molecule has 0 amide bonds. The molecule has 2 rings (SSSR count). The number of allylic oxidation sites excluding steroid dienone is 2. The van der Waals surface area contributed by atoms with Crippen LogP contribution in [0, 0.1) is 6.42 Å². The van der Waals surface area contributed by atoms with Crippen LogP contribution in [0.15, 0.2) is 12.2 Å². The minimum absolute atomic E-state index is 0.0648. The predicted octanol–water partition coefficient (Wildman–Crippen LogP) is -0.0587. The van der Waals surface area contributed by atoms with E-state index in [0.717, 1.165) is 0 Å². The van der Waals surface area contributed by atoms with E-state index >= 15 is 0 Å². The van der Waals surface area contributed by atoms with Crippen LogP contribution >= 0.6 is 0 Å². The van der Waals surface area contributed by atoms with Crippen molar-refractivity contribution in [3.63, 3.8) is 0 Å². The second-order valence-corrected chi connectivity index (χ2v) is 2.64. The summed E-state index contributed by atoms with van der Waals surface area (Å²) in [5.41, 5.74) is 0. The van der Waals surface area contributed by atoms with E-state index in [-0.39, 0.29) is 11.6 Å². The van der Waals surface area contributed by atoms with E-state index in [9.17, 15) is 0 Å². The van der Waals surface area contributed by atoms with Gasteiger partial charge in [-0.05, 0) is 11.6 Å². The summed E-state index contributed by atoms with van der Waals surface area (Å²) in [6, 6.07) is 0. The van der Waals surface area contributed by atoms with Crippen LogP contribution in [0.4, 0.5) is 0 Å². The number of rotatable bonds is 0. The molecule has 0 aromatic carbocycles. The zero-order valence-electron chi connectivity index (χ0n) is 4.36. The quantitative estimate of drug-likeness (QED) is 0.338. The molecule has 0 aromatic rings. The van der Waals surface area contributed by atoms with Crippen LogP contribution in [-0.4, -0.2) is 16.6 Å². The summed E-state index contributed by atoms with van der Waals surface area (Å²) in [7, 11) is 0. The van der Waals surface area contributed by atoms with E-state index in [4.69, 9.17) is 10.0 Å². The van der Waals surface area contributed by atoms with Gasteiger partial charge in [0.15, 0.2) is 0 Å². The van der Waals surface area contributed by atoms with Gasteiger partial charge in [-0.1, -0.05) is 0 Å². The fourth-order valence-electron chi connectivity index (χ4n) is 1.40. The molecule has 3 heteroatoms. The molecule has 1 aliphatic carbocycles. The molecule has 1 saturated heterocycles. The van der Waals surface area contributed by atoms with Gasteiger partial charge >= 0.3 is 0 Å². The Labute approximate surface area is 47.8 Å². The highest BCUT2D eigenvalue weighted by atomic mass is 16.4. The molecule has 2 nitrogen and oxygen atoms in total. The molecule has 0 spiro atoms. The van der Waals surface area contributed by atoms with E-state index in [2.05, 4.69) is 0 Å². The summed E-state index contributed by atoms with van der Waals surface area (Å²) in [4.78, 5) is 0. The minimum Gasteiger partial charge on any atom is -0.580 e. The van der Waals surface area contributed by atoms with E-state index in [1.165, 1.54) is 0 Å². The van der Waals surface area contributed by atoms with Crippen LogP contribution in [0.2, 0.25) is 11.6 Å². The maximum Gasteiger partial charge on any atom is 0.285 e. The zero-order chi connectivity index (χ0) is 5.78. The van der Waals surface area contributed by atoms with Gasteiger partial charge in [0.2, 0.25) is 0 Å². The minimum atomic E-state index is -1.95. The fraction of sp³-hybridized carbons (Fsp3) is 0.400. The van der Waals surface area contributed by atoms with Crippen LogP contribution in [0.3, 0.4) is 0 Å². The molecule has 2 aliphatic rings. The van der Waals surface area contributed by atoms with Gasteiger partial charge in [0, 0.05) is 12.5 Å². The van der Waals surface area contributed by atoms with Gasteiger partial charge < -0.3 is 10.0 Å². The molecule has 0 bridgehead atoms. The Morgan fingerprint density at radius 2 is 2.25 bits per heavy atom. The number of fused-ring (bicyclic) bond motifs is 1. The third-order valence-electron chi connectivity index (χ3n) is 2.10. The molecule has 1 heterocycles. The van der Waals surface area contributed by atoms with Gasteiger partial charge in [-0.2, -0.15) is 0 Å². The lowest BCUT2D eigenvalue weighted by atomic mass is 9.74. The van der Waals surface area contributed by atoms with E-state index < -0.39 is 6.55 Å². The third kappa shape index (κ3) is 0.308. The van der Waals surface area contributed by atoms with Crippen LogP contribution in [0.5, 0.6) is 0 Å². The summed E-state index contributed by atoms with van der Waals surface area (Å²) < 4.78 is 0. The Hall–Kier alpha value is -0.405. The third-order valence-corrected chi connectivity index (χ3v) is 2.10. The standard InChI is InChI=1S/C5H7BO2/c7-6(8)4-2-1-3-5(4)6/h1-5,7-8H/t4-,5+. The zero-order valence-corrected chi connectivity index (χ0v) is 4.36. The van der Waals surface area contributed by atoms with E-state index in [0.29, 0.717) is 0 Å². The molecule has 2 N–H and O–H groups in total. The summed E-state index contributed by atoms with van der Waals surface area (Å²) in [6.07, 6.45) is 5.59. The lowest BCUT2D eigenvalue weighted by Gasteiger charge is -2.01. The molecule has 0 unspecified atom stereocenters. The van der Waals surface area contributed by atoms with Crippen molar-refractivity contribution in [2.45, 2.75) is 11.6 Å². The predicted molar refractivity (Wildman–Crippen MR) is 31.1 cm³/mol. The van der Waals surface area contributed by atoms with Crippen molar-refractivity contribution < 1.29 is 10.0 Å². The molecule has 0 aromatic heterocycles. The fourth-order valence-corrected chi connectivity index (χ4v) is 1.40. The molecule has 0 saturated carbocycles. The highest BCUT2D eigenvalue weighted by Crippen LogP contribution is 2.61. The van der Waals surface area contributed by atoms with Crippen LogP contribution in [-0.2, 0) is 0 Å². The topological polar surface area (TPSA) is 40.5 Å². The molecule has 42 valence electrons. The SMILES string of the molecule is O[B-]1(O)[C@@H]2[CH+]C=C[C@@H]21. The van der Waals surface area contributed by atoms with Crippen LogP contribution in [0.25, 0.3) is 0 Å². The molecule has 2 atom stereocenters. The van der Waals surface area contributed by atoms with Crippen molar-refractivity contribution in [1.82, 2.24) is 0 Å². The van der Waals surface area contributed by atoms with E-state index in [1.807, 2.05) is 18.6 Å². The van der Waals surface area contributed by atoms with Gasteiger partial charge in [0.05, 0.1) is 6.08 Å². The van der Waals surface area contributed by atoms with Crippen molar-refractivity contribution in [2.24, 2.45) is 0 Å². The monoisotopic (exact) mass is 110 g/mol. The Morgan fingerprint density at radius 1 is 1.50 bits per heavy atom. The van der Waals surface area contributed by atoms with Gasteiger partial charge in [0.1, 0.15) is 0 Å². The summed E-state index contributed by atoms with van der Waals surface area (Å²) in [5.74, 6) is 0.130. The maximum atomic E-state index is 8.95. The van der Waals surface area contributed by atoms with Crippen molar-refractivity contribution in [1.29, 1.82) is 0 Å². The molecule has 1 aliphatic heterocycles. The molecule has 1 fully saturated rings. The first kappa shape index (κ1) is 4.47. The molecular weight excluding hydrogens is 103 g/mol. The normalized spacial score (nSPS) is 45.8. The second-order valence-electron chi connectivity index (χ2n) is 2.64. The van der Waals surface area contributed by atoms with E-state index in [1.54, 1.807) is 0 Å². The maximum absolute atomic E-state index is 8.95. The van der Waals surface area contributed by atoms with Crippen LogP contribution < -0.4 is 0 Å². The Kier molecular flexibility index (Phi) is 0.542. The van der Waals surface area contributed by atoms with Crippen molar-refractivity contribution in [3.05, 3.63) is 18.6 Å². The van der Waals surface area contributed by atoms with Gasteiger partial charge in [-0.25, -0.2) is 0 Å². The lowest BCUT2D eigenvalue weighted by molar-refractivity contribution is 0.397. The highest BCUT2D eigenvalue weighted by molar-refractivity contribution is 6.81. The van der Waals surface area contributed by atoms with Crippen molar-refractivity contribution in [3.8, 4) is 0 Å². The van der Waals surface area contributed by atoms with Crippen molar-refractivity contribution >= 4 is 6.55 Å². The first-order valence-corrected chi connectivity index (χ1v) is 2.85. The number of hydrogen-bond donors (Lipinski definition) is 2. The first-order chi connectivity index (χ1) is 3.73. The van der Waals surface area contributed by atoms with Gasteiger partial charge in [-0.3, -0.25) is 0 Å². The first-order valence-electron chi connectivity index (χ1n) is 2.85. The van der Waals surface area contributed by atoms with Crippen LogP contribution in [0.1, 0.15) is 0 Å². The van der Waals surface area contributed by atoms with Gasteiger partial charge in [0.25, 0.3) is 6.55 Å². The molecular formula is C5H7BO2. The molecule has 0 radical (unpaired) electrons. The lowest BCUT2D eigenvalue weighted by Crippen LogP contribution is -2.17. The smallest absolute Gasteiger partial charge is 0.285 e. The average molecular weight is 110 g/mol. The second kappa shape index (κ2) is 0.969. The summed E-state index contributed by atoms with van der Waals surface area (Å²) >= 11 is 0. The summed E-state index contributed by atoms with van der Waals surface area (Å²) in [6.45, 7) is -1.95. The average Bonchev–Trinajstić information content (AvgIpc) is 2.22. The van der Waals surface area contributed by atoms with Gasteiger partial charge in [-0.15, -0.1) is 0 Å².